The van der Waals surface area contributed by atoms with Gasteiger partial charge in [-0.3, -0.25) is 3.97 Å². The van der Waals surface area contributed by atoms with Crippen LogP contribution in [0.15, 0.2) is 47.5 Å². The minimum atomic E-state index is -2.80. The first-order chi connectivity index (χ1) is 14.4. The van der Waals surface area contributed by atoms with E-state index in [0.717, 1.165) is 44.1 Å². The molecule has 1 aromatic heterocycles. The van der Waals surface area contributed by atoms with Crippen molar-refractivity contribution < 1.29 is 22.1 Å². The highest BCUT2D eigenvalue weighted by Crippen LogP contribution is 2.34. The molecular weight excluding hydrogens is 415 g/mol. The van der Waals surface area contributed by atoms with E-state index in [9.17, 15) is 17.4 Å². The summed E-state index contributed by atoms with van der Waals surface area (Å²) in [7, 11) is 1.85. The van der Waals surface area contributed by atoms with E-state index in [-0.39, 0.29) is 10.9 Å². The lowest BCUT2D eigenvalue weighted by Crippen LogP contribution is -2.44. The second-order valence-electron chi connectivity index (χ2n) is 7.25. The van der Waals surface area contributed by atoms with E-state index in [1.807, 2.05) is 0 Å². The molecule has 0 bridgehead atoms. The van der Waals surface area contributed by atoms with Crippen molar-refractivity contribution in [3.05, 3.63) is 54.0 Å². The fourth-order valence-electron chi connectivity index (χ4n) is 3.69. The first-order valence-corrected chi connectivity index (χ1v) is 10.6. The molecule has 0 radical (unpaired) electrons. The van der Waals surface area contributed by atoms with Crippen LogP contribution in [0, 0.1) is 5.82 Å². The second kappa shape index (κ2) is 8.31. The highest BCUT2D eigenvalue weighted by atomic mass is 32.2. The van der Waals surface area contributed by atoms with Crippen LogP contribution in [0.25, 0.3) is 10.9 Å². The van der Waals surface area contributed by atoms with Gasteiger partial charge in [-0.25, -0.2) is 17.4 Å². The molecule has 4 rings (SSSR count). The van der Waals surface area contributed by atoms with E-state index in [2.05, 4.69) is 16.8 Å². The molecule has 2 aromatic carbocycles. The summed E-state index contributed by atoms with van der Waals surface area (Å²) >= 11 is 0. The largest absolute Gasteiger partial charge is 0.495 e. The van der Waals surface area contributed by atoms with Crippen LogP contribution in [0.2, 0.25) is 0 Å². The lowest BCUT2D eigenvalue weighted by molar-refractivity contribution is 0.153. The molecule has 1 unspecified atom stereocenters. The fraction of sp³-hybridized carbons (Fsp3) is 0.333. The summed E-state index contributed by atoms with van der Waals surface area (Å²) in [5.41, 5.74) is 0.765. The third kappa shape index (κ3) is 3.79. The summed E-state index contributed by atoms with van der Waals surface area (Å²) in [5.74, 6) is 0.0442. The number of methoxy groups -OCH3 is 1. The van der Waals surface area contributed by atoms with Crippen LogP contribution in [0.1, 0.15) is 12.0 Å². The molecule has 3 aromatic rings. The van der Waals surface area contributed by atoms with Gasteiger partial charge in [0.1, 0.15) is 11.6 Å². The molecular formula is C21H22F3N3O2S. The van der Waals surface area contributed by atoms with Gasteiger partial charge in [-0.15, -0.1) is 0 Å². The molecule has 5 nitrogen and oxygen atoms in total. The van der Waals surface area contributed by atoms with Crippen LogP contribution >= 0.6 is 0 Å². The normalized spacial score (nSPS) is 16.4. The van der Waals surface area contributed by atoms with Gasteiger partial charge in [0.05, 0.1) is 23.2 Å². The van der Waals surface area contributed by atoms with E-state index >= 15 is 0 Å². The number of nitrogens with zero attached hydrogens (tertiary/aromatic N) is 3. The Morgan fingerprint density at radius 2 is 1.80 bits per heavy atom. The van der Waals surface area contributed by atoms with Crippen molar-refractivity contribution in [2.45, 2.75) is 11.3 Å². The maximum absolute atomic E-state index is 13.6. The molecule has 1 atom stereocenters. The maximum atomic E-state index is 13.6. The Kier molecular flexibility index (Phi) is 5.75. The zero-order chi connectivity index (χ0) is 21.4. The average molecular weight is 437 g/mol. The summed E-state index contributed by atoms with van der Waals surface area (Å²) < 4.78 is 60.7. The molecule has 0 amide bonds. The van der Waals surface area contributed by atoms with Crippen LogP contribution in [0.4, 0.5) is 18.9 Å². The number of likely N-dealkylation sites (N-methyl/N-ethyl adjacent to an activating group) is 1. The fourth-order valence-corrected chi connectivity index (χ4v) is 4.87. The Morgan fingerprint density at radius 3 is 2.47 bits per heavy atom. The van der Waals surface area contributed by atoms with Gasteiger partial charge in [0.25, 0.3) is 6.43 Å². The molecule has 1 fully saturated rings. The van der Waals surface area contributed by atoms with Crippen molar-refractivity contribution in [2.75, 3.05) is 45.2 Å². The Hall–Kier alpha value is -2.52. The lowest BCUT2D eigenvalue weighted by Gasteiger charge is -2.34. The van der Waals surface area contributed by atoms with Gasteiger partial charge in [0.15, 0.2) is 11.0 Å². The van der Waals surface area contributed by atoms with Crippen molar-refractivity contribution in [3.8, 4) is 5.75 Å². The number of piperazine rings is 1. The lowest BCUT2D eigenvalue weighted by atomic mass is 10.2. The van der Waals surface area contributed by atoms with Crippen molar-refractivity contribution in [3.63, 3.8) is 0 Å². The smallest absolute Gasteiger partial charge is 0.265 e. The van der Waals surface area contributed by atoms with Crippen LogP contribution in [0.3, 0.4) is 0 Å². The third-order valence-corrected chi connectivity index (χ3v) is 6.69. The number of ether oxygens (including phenoxy) is 1. The zero-order valence-corrected chi connectivity index (χ0v) is 17.5. The molecule has 1 saturated heterocycles. The number of benzene rings is 2. The Labute approximate surface area is 175 Å². The minimum Gasteiger partial charge on any atom is -0.495 e. The highest BCUT2D eigenvalue weighted by Gasteiger charge is 2.23. The number of hydrogen-bond acceptors (Lipinski definition) is 4. The number of aromatic nitrogens is 1. The van der Waals surface area contributed by atoms with Gasteiger partial charge < -0.3 is 14.5 Å². The average Bonchev–Trinajstić information content (AvgIpc) is 3.12. The monoisotopic (exact) mass is 437 g/mol. The number of halogens is 3. The van der Waals surface area contributed by atoms with Crippen LogP contribution in [-0.2, 0) is 11.0 Å². The molecule has 160 valence electrons. The number of hydrogen-bond donors (Lipinski definition) is 0. The predicted octanol–water partition coefficient (Wildman–Crippen LogP) is 4.05. The number of fused-ring (bicyclic) bond motifs is 1. The number of alkyl halides is 2. The minimum absolute atomic E-state index is 0.0613. The van der Waals surface area contributed by atoms with E-state index in [4.69, 9.17) is 4.74 Å². The summed E-state index contributed by atoms with van der Waals surface area (Å²) in [6, 6.07) is 8.77. The van der Waals surface area contributed by atoms with Gasteiger partial charge in [-0.1, -0.05) is 0 Å². The van der Waals surface area contributed by atoms with E-state index < -0.39 is 23.2 Å². The van der Waals surface area contributed by atoms with Gasteiger partial charge in [-0.2, -0.15) is 0 Å². The number of rotatable bonds is 5. The Balaban J connectivity index is 1.76. The van der Waals surface area contributed by atoms with Crippen molar-refractivity contribution >= 4 is 27.6 Å². The first kappa shape index (κ1) is 20.7. The third-order valence-electron chi connectivity index (χ3n) is 5.37. The molecule has 1 aliphatic heterocycles. The van der Waals surface area contributed by atoms with E-state index in [1.54, 1.807) is 25.3 Å². The summed E-state index contributed by atoms with van der Waals surface area (Å²) in [6.07, 6.45) is -1.66. The molecule has 2 heterocycles. The second-order valence-corrected chi connectivity index (χ2v) is 8.61. The molecule has 0 saturated carbocycles. The summed E-state index contributed by atoms with van der Waals surface area (Å²) in [4.78, 5) is 4.83. The van der Waals surface area contributed by atoms with Crippen molar-refractivity contribution in [1.82, 2.24) is 8.87 Å². The van der Waals surface area contributed by atoms with Gasteiger partial charge in [-0.05, 0) is 43.4 Å². The summed E-state index contributed by atoms with van der Waals surface area (Å²) in [5, 5.41) is 0.0613. The SMILES string of the molecule is COc1ccc(S(=O)n2cc(C(F)F)c3cc(F)ccc32)cc1N1CCN(C)CC1. The predicted molar refractivity (Wildman–Crippen MR) is 111 cm³/mol. The topological polar surface area (TPSA) is 37.7 Å². The van der Waals surface area contributed by atoms with Crippen LogP contribution in [-0.4, -0.2) is 53.4 Å². The van der Waals surface area contributed by atoms with Gasteiger partial charge in [0, 0.05) is 43.3 Å². The van der Waals surface area contributed by atoms with Crippen molar-refractivity contribution in [1.29, 1.82) is 0 Å². The molecule has 0 spiro atoms. The molecule has 1 aliphatic rings. The Bertz CT molecular complexity index is 1090. The number of anilines is 1. The van der Waals surface area contributed by atoms with E-state index in [0.29, 0.717) is 16.2 Å². The summed E-state index contributed by atoms with van der Waals surface area (Å²) in [6.45, 7) is 3.37. The first-order valence-electron chi connectivity index (χ1n) is 9.51. The Morgan fingerprint density at radius 1 is 1.07 bits per heavy atom. The molecule has 9 heteroatoms. The van der Waals surface area contributed by atoms with Gasteiger partial charge in [0.2, 0.25) is 0 Å². The zero-order valence-electron chi connectivity index (χ0n) is 16.6. The van der Waals surface area contributed by atoms with Gasteiger partial charge >= 0.3 is 0 Å². The maximum Gasteiger partial charge on any atom is 0.265 e. The van der Waals surface area contributed by atoms with Crippen LogP contribution < -0.4 is 9.64 Å². The van der Waals surface area contributed by atoms with Crippen LogP contribution in [0.5, 0.6) is 5.75 Å². The molecule has 0 N–H and O–H groups in total. The highest BCUT2D eigenvalue weighted by molar-refractivity contribution is 7.83. The standard InChI is InChI=1S/C21H22F3N3O2S/c1-25-7-9-26(10-8-25)19-12-15(4-6-20(19)29-2)30(28)27-13-17(21(23)24)16-11-14(22)3-5-18(16)27/h3-6,11-13,21H,7-10H2,1-2H3. The van der Waals surface area contributed by atoms with E-state index in [1.165, 1.54) is 16.1 Å². The molecule has 0 aliphatic carbocycles. The quantitative estimate of drug-likeness (QED) is 0.604. The van der Waals surface area contributed by atoms with Crippen molar-refractivity contribution in [2.24, 2.45) is 0 Å². The molecule has 30 heavy (non-hydrogen) atoms.